The van der Waals surface area contributed by atoms with E-state index in [4.69, 9.17) is 0 Å². The van der Waals surface area contributed by atoms with Gasteiger partial charge in [-0.2, -0.15) is 0 Å². The molecular weight excluding hydrogens is 114 g/mol. The Labute approximate surface area is 57.3 Å². The summed E-state index contributed by atoms with van der Waals surface area (Å²) >= 11 is 0. The first-order chi connectivity index (χ1) is 4.09. The number of aliphatic hydroxyl groups excluding tert-OH is 1. The predicted molar refractivity (Wildman–Crippen MR) is 39.4 cm³/mol. The van der Waals surface area contributed by atoms with Gasteiger partial charge in [0, 0.05) is 6.04 Å². The third kappa shape index (κ3) is 2.82. The van der Waals surface area contributed by atoms with E-state index in [9.17, 15) is 5.11 Å². The highest BCUT2D eigenvalue weighted by molar-refractivity contribution is 4.71. The zero-order valence-electron chi connectivity index (χ0n) is 6.68. The minimum absolute atomic E-state index is 0.199. The van der Waals surface area contributed by atoms with E-state index in [0.717, 1.165) is 0 Å². The molecule has 0 aliphatic carbocycles. The van der Waals surface area contributed by atoms with Crippen LogP contribution >= 0.6 is 0 Å². The van der Waals surface area contributed by atoms with Gasteiger partial charge in [0.1, 0.15) is 0 Å². The Kier molecular flexibility index (Phi) is 3.82. The number of rotatable bonds is 3. The molecule has 2 atom stereocenters. The highest BCUT2D eigenvalue weighted by Crippen LogP contribution is 2.04. The van der Waals surface area contributed by atoms with Crippen LogP contribution in [0, 0.1) is 5.92 Å². The van der Waals surface area contributed by atoms with Crippen molar-refractivity contribution < 1.29 is 5.11 Å². The summed E-state index contributed by atoms with van der Waals surface area (Å²) < 4.78 is 0. The summed E-state index contributed by atoms with van der Waals surface area (Å²) in [5.41, 5.74) is 0. The van der Waals surface area contributed by atoms with Crippen LogP contribution in [0.3, 0.4) is 0 Å². The second-order valence-electron chi connectivity index (χ2n) is 2.81. The highest BCUT2D eigenvalue weighted by atomic mass is 16.3. The van der Waals surface area contributed by atoms with Crippen LogP contribution in [0.5, 0.6) is 0 Å². The molecular formula is C7H17NO. The van der Waals surface area contributed by atoms with Gasteiger partial charge >= 0.3 is 0 Å². The molecule has 56 valence electrons. The fraction of sp³-hybridized carbons (Fsp3) is 1.00. The normalized spacial score (nSPS) is 18.0. The van der Waals surface area contributed by atoms with Gasteiger partial charge in [-0.1, -0.05) is 13.8 Å². The lowest BCUT2D eigenvalue weighted by molar-refractivity contribution is 0.0929. The Hall–Kier alpha value is -0.0800. The van der Waals surface area contributed by atoms with Crippen LogP contribution in [0.4, 0.5) is 0 Å². The zero-order valence-corrected chi connectivity index (χ0v) is 6.68. The van der Waals surface area contributed by atoms with Crippen LogP contribution < -0.4 is 5.32 Å². The zero-order chi connectivity index (χ0) is 7.44. The molecule has 9 heavy (non-hydrogen) atoms. The molecule has 0 aromatic carbocycles. The SMILES string of the molecule is CNC(C)C(O)C(C)C. The van der Waals surface area contributed by atoms with Gasteiger partial charge in [0.2, 0.25) is 0 Å². The summed E-state index contributed by atoms with van der Waals surface area (Å²) in [6, 6.07) is 0.199. The van der Waals surface area contributed by atoms with E-state index in [1.807, 2.05) is 27.8 Å². The van der Waals surface area contributed by atoms with E-state index >= 15 is 0 Å². The molecule has 0 amide bonds. The van der Waals surface area contributed by atoms with E-state index < -0.39 is 0 Å². The minimum atomic E-state index is -0.227. The summed E-state index contributed by atoms with van der Waals surface area (Å²) in [6.07, 6.45) is -0.227. The van der Waals surface area contributed by atoms with E-state index in [1.54, 1.807) is 0 Å². The second-order valence-corrected chi connectivity index (χ2v) is 2.81. The van der Waals surface area contributed by atoms with E-state index in [0.29, 0.717) is 5.92 Å². The highest BCUT2D eigenvalue weighted by Gasteiger charge is 2.14. The summed E-state index contributed by atoms with van der Waals surface area (Å²) in [5.74, 6) is 0.340. The molecule has 0 spiro atoms. The first kappa shape index (κ1) is 8.92. The van der Waals surface area contributed by atoms with Crippen molar-refractivity contribution in [1.82, 2.24) is 5.32 Å². The lowest BCUT2D eigenvalue weighted by atomic mass is 10.0. The van der Waals surface area contributed by atoms with Gasteiger partial charge in [-0.25, -0.2) is 0 Å². The quantitative estimate of drug-likeness (QED) is 0.588. The van der Waals surface area contributed by atoms with Gasteiger partial charge in [0.25, 0.3) is 0 Å². The topological polar surface area (TPSA) is 32.3 Å². The third-order valence-electron chi connectivity index (χ3n) is 1.65. The van der Waals surface area contributed by atoms with Gasteiger partial charge in [-0.05, 0) is 19.9 Å². The Morgan fingerprint density at radius 2 is 1.67 bits per heavy atom. The fourth-order valence-electron chi connectivity index (χ4n) is 0.748. The molecule has 2 heteroatoms. The summed E-state index contributed by atoms with van der Waals surface area (Å²) in [5, 5.41) is 12.3. The van der Waals surface area contributed by atoms with Crippen molar-refractivity contribution in [2.24, 2.45) is 5.92 Å². The maximum Gasteiger partial charge on any atom is 0.0713 e. The van der Waals surface area contributed by atoms with E-state index in [1.165, 1.54) is 0 Å². The van der Waals surface area contributed by atoms with Crippen LogP contribution in [-0.4, -0.2) is 24.3 Å². The first-order valence-corrected chi connectivity index (χ1v) is 3.45. The maximum absolute atomic E-state index is 9.33. The summed E-state index contributed by atoms with van der Waals surface area (Å²) in [7, 11) is 1.86. The van der Waals surface area contributed by atoms with Gasteiger partial charge in [0.05, 0.1) is 6.10 Å². The standard InChI is InChI=1S/C7H17NO/c1-5(2)7(9)6(3)8-4/h5-9H,1-4H3. The van der Waals surface area contributed by atoms with Crippen LogP contribution in [0.2, 0.25) is 0 Å². The largest absolute Gasteiger partial charge is 0.391 e. The molecule has 2 nitrogen and oxygen atoms in total. The molecule has 0 aromatic rings. The van der Waals surface area contributed by atoms with Crippen molar-refractivity contribution in [3.05, 3.63) is 0 Å². The van der Waals surface area contributed by atoms with Crippen molar-refractivity contribution in [2.45, 2.75) is 32.9 Å². The van der Waals surface area contributed by atoms with Crippen molar-refractivity contribution in [1.29, 1.82) is 0 Å². The smallest absolute Gasteiger partial charge is 0.0713 e. The molecule has 0 radical (unpaired) electrons. The van der Waals surface area contributed by atoms with Crippen molar-refractivity contribution in [2.75, 3.05) is 7.05 Å². The predicted octanol–water partition coefficient (Wildman–Crippen LogP) is 0.611. The minimum Gasteiger partial charge on any atom is -0.391 e. The van der Waals surface area contributed by atoms with Crippen molar-refractivity contribution in [3.63, 3.8) is 0 Å². The molecule has 2 unspecified atom stereocenters. The fourth-order valence-corrected chi connectivity index (χ4v) is 0.748. The van der Waals surface area contributed by atoms with E-state index in [-0.39, 0.29) is 12.1 Å². The Morgan fingerprint density at radius 1 is 1.22 bits per heavy atom. The average molecular weight is 131 g/mol. The van der Waals surface area contributed by atoms with Gasteiger partial charge in [-0.15, -0.1) is 0 Å². The molecule has 0 bridgehead atoms. The number of nitrogens with one attached hydrogen (secondary N) is 1. The number of likely N-dealkylation sites (N-methyl/N-ethyl adjacent to an activating group) is 1. The van der Waals surface area contributed by atoms with Crippen LogP contribution in [0.15, 0.2) is 0 Å². The summed E-state index contributed by atoms with van der Waals surface area (Å²) in [6.45, 7) is 6.00. The molecule has 0 saturated carbocycles. The van der Waals surface area contributed by atoms with Crippen molar-refractivity contribution >= 4 is 0 Å². The third-order valence-corrected chi connectivity index (χ3v) is 1.65. The molecule has 0 aromatic heterocycles. The monoisotopic (exact) mass is 131 g/mol. The molecule has 0 heterocycles. The van der Waals surface area contributed by atoms with Crippen molar-refractivity contribution in [3.8, 4) is 0 Å². The Morgan fingerprint density at radius 3 is 1.78 bits per heavy atom. The van der Waals surface area contributed by atoms with Gasteiger partial charge < -0.3 is 10.4 Å². The molecule has 0 aliphatic heterocycles. The van der Waals surface area contributed by atoms with Gasteiger partial charge in [-0.3, -0.25) is 0 Å². The van der Waals surface area contributed by atoms with Crippen LogP contribution in [0.25, 0.3) is 0 Å². The molecule has 0 aliphatic rings. The van der Waals surface area contributed by atoms with Crippen LogP contribution in [0.1, 0.15) is 20.8 Å². The molecule has 0 fully saturated rings. The van der Waals surface area contributed by atoms with Crippen LogP contribution in [-0.2, 0) is 0 Å². The Balaban J connectivity index is 3.58. The number of hydrogen-bond acceptors (Lipinski definition) is 2. The first-order valence-electron chi connectivity index (χ1n) is 3.45. The lowest BCUT2D eigenvalue weighted by Gasteiger charge is -2.20. The molecule has 0 saturated heterocycles. The number of aliphatic hydroxyl groups is 1. The van der Waals surface area contributed by atoms with E-state index in [2.05, 4.69) is 5.32 Å². The average Bonchev–Trinajstić information content (AvgIpc) is 1.84. The second kappa shape index (κ2) is 3.85. The number of hydrogen-bond donors (Lipinski definition) is 2. The Bertz CT molecular complexity index is 73.3. The molecule has 2 N–H and O–H groups in total. The van der Waals surface area contributed by atoms with Gasteiger partial charge in [0.15, 0.2) is 0 Å². The lowest BCUT2D eigenvalue weighted by Crippen LogP contribution is -2.37. The summed E-state index contributed by atoms with van der Waals surface area (Å²) in [4.78, 5) is 0. The maximum atomic E-state index is 9.33. The molecule has 0 rings (SSSR count).